The first-order valence-electron chi connectivity index (χ1n) is 6.92. The second-order valence-corrected chi connectivity index (χ2v) is 5.46. The highest BCUT2D eigenvalue weighted by Gasteiger charge is 2.12. The standard InChI is InChI=1S/C14H32N2/c1-7-10-15-13(4)9-8-11-16(6)14(5)12(2)3/h12-15H,7-11H2,1-6H3. The minimum Gasteiger partial charge on any atom is -0.314 e. The van der Waals surface area contributed by atoms with E-state index in [1.54, 1.807) is 0 Å². The van der Waals surface area contributed by atoms with Crippen molar-refractivity contribution >= 4 is 0 Å². The van der Waals surface area contributed by atoms with E-state index in [2.05, 4.69) is 51.9 Å². The molecule has 0 bridgehead atoms. The van der Waals surface area contributed by atoms with Gasteiger partial charge in [0.15, 0.2) is 0 Å². The van der Waals surface area contributed by atoms with Crippen molar-refractivity contribution in [3.8, 4) is 0 Å². The summed E-state index contributed by atoms with van der Waals surface area (Å²) in [4.78, 5) is 2.48. The van der Waals surface area contributed by atoms with Gasteiger partial charge in [-0.1, -0.05) is 20.8 Å². The highest BCUT2D eigenvalue weighted by molar-refractivity contribution is 4.68. The quantitative estimate of drug-likeness (QED) is 0.652. The van der Waals surface area contributed by atoms with Crippen LogP contribution in [0.25, 0.3) is 0 Å². The van der Waals surface area contributed by atoms with E-state index in [-0.39, 0.29) is 0 Å². The molecule has 0 saturated heterocycles. The fourth-order valence-electron chi connectivity index (χ4n) is 1.85. The molecule has 2 heteroatoms. The molecule has 2 nitrogen and oxygen atoms in total. The zero-order valence-electron chi connectivity index (χ0n) is 12.2. The molecule has 0 rings (SSSR count). The maximum absolute atomic E-state index is 3.54. The van der Waals surface area contributed by atoms with Gasteiger partial charge in [0.2, 0.25) is 0 Å². The lowest BCUT2D eigenvalue weighted by Crippen LogP contribution is -2.35. The Balaban J connectivity index is 3.57. The van der Waals surface area contributed by atoms with E-state index in [9.17, 15) is 0 Å². The summed E-state index contributed by atoms with van der Waals surface area (Å²) in [5, 5.41) is 3.54. The minimum atomic E-state index is 0.669. The average molecular weight is 228 g/mol. The molecule has 0 saturated carbocycles. The lowest BCUT2D eigenvalue weighted by molar-refractivity contribution is 0.202. The highest BCUT2D eigenvalue weighted by Crippen LogP contribution is 2.09. The van der Waals surface area contributed by atoms with E-state index >= 15 is 0 Å². The first kappa shape index (κ1) is 15.9. The lowest BCUT2D eigenvalue weighted by atomic mass is 10.0. The van der Waals surface area contributed by atoms with Crippen LogP contribution in [0.1, 0.15) is 53.9 Å². The first-order valence-corrected chi connectivity index (χ1v) is 6.92. The van der Waals surface area contributed by atoms with Crippen LogP contribution in [0.15, 0.2) is 0 Å². The fourth-order valence-corrected chi connectivity index (χ4v) is 1.85. The van der Waals surface area contributed by atoms with E-state index in [4.69, 9.17) is 0 Å². The van der Waals surface area contributed by atoms with Crippen LogP contribution in [0.5, 0.6) is 0 Å². The van der Waals surface area contributed by atoms with Crippen LogP contribution in [-0.4, -0.2) is 37.1 Å². The van der Waals surface area contributed by atoms with Gasteiger partial charge in [-0.3, -0.25) is 0 Å². The minimum absolute atomic E-state index is 0.669. The van der Waals surface area contributed by atoms with Crippen LogP contribution in [0.4, 0.5) is 0 Å². The van der Waals surface area contributed by atoms with E-state index in [0.717, 1.165) is 12.5 Å². The topological polar surface area (TPSA) is 15.3 Å². The molecule has 2 unspecified atom stereocenters. The Morgan fingerprint density at radius 1 is 1.12 bits per heavy atom. The molecule has 2 atom stereocenters. The highest BCUT2D eigenvalue weighted by atomic mass is 15.1. The number of nitrogens with one attached hydrogen (secondary N) is 1. The molecule has 16 heavy (non-hydrogen) atoms. The summed E-state index contributed by atoms with van der Waals surface area (Å²) in [5.41, 5.74) is 0. The van der Waals surface area contributed by atoms with Gasteiger partial charge in [0.05, 0.1) is 0 Å². The monoisotopic (exact) mass is 228 g/mol. The Morgan fingerprint density at radius 3 is 2.25 bits per heavy atom. The van der Waals surface area contributed by atoms with Crippen LogP contribution in [0.2, 0.25) is 0 Å². The molecule has 0 aromatic carbocycles. The van der Waals surface area contributed by atoms with E-state index in [1.807, 2.05) is 0 Å². The van der Waals surface area contributed by atoms with Gasteiger partial charge in [-0.25, -0.2) is 0 Å². The smallest absolute Gasteiger partial charge is 0.00868 e. The third kappa shape index (κ3) is 7.24. The van der Waals surface area contributed by atoms with Gasteiger partial charge in [-0.05, 0) is 59.2 Å². The average Bonchev–Trinajstić information content (AvgIpc) is 2.24. The molecule has 0 radical (unpaired) electrons. The Labute approximate surface area is 103 Å². The normalized spacial score (nSPS) is 15.8. The largest absolute Gasteiger partial charge is 0.314 e. The van der Waals surface area contributed by atoms with Crippen molar-refractivity contribution in [2.45, 2.75) is 66.0 Å². The first-order chi connectivity index (χ1) is 7.49. The van der Waals surface area contributed by atoms with Crippen molar-refractivity contribution in [2.24, 2.45) is 5.92 Å². The van der Waals surface area contributed by atoms with Crippen LogP contribution >= 0.6 is 0 Å². The summed E-state index contributed by atoms with van der Waals surface area (Å²) >= 11 is 0. The SMILES string of the molecule is CCCNC(C)CCCN(C)C(C)C(C)C. The molecule has 1 N–H and O–H groups in total. The molecule has 0 heterocycles. The van der Waals surface area contributed by atoms with Crippen LogP contribution < -0.4 is 5.32 Å². The summed E-state index contributed by atoms with van der Waals surface area (Å²) in [5.74, 6) is 0.751. The molecule has 0 aromatic rings. The maximum atomic E-state index is 3.54. The predicted octanol–water partition coefficient (Wildman–Crippen LogP) is 3.13. The number of rotatable bonds is 9. The zero-order chi connectivity index (χ0) is 12.6. The van der Waals surface area contributed by atoms with Crippen LogP contribution in [-0.2, 0) is 0 Å². The van der Waals surface area contributed by atoms with Gasteiger partial charge in [-0.2, -0.15) is 0 Å². The second kappa shape index (κ2) is 9.00. The third-order valence-electron chi connectivity index (χ3n) is 3.55. The van der Waals surface area contributed by atoms with E-state index < -0.39 is 0 Å². The molecule has 0 aromatic heterocycles. The van der Waals surface area contributed by atoms with Crippen molar-refractivity contribution < 1.29 is 0 Å². The van der Waals surface area contributed by atoms with Crippen LogP contribution in [0, 0.1) is 5.92 Å². The molecular weight excluding hydrogens is 196 g/mol. The van der Waals surface area contributed by atoms with Gasteiger partial charge in [-0.15, -0.1) is 0 Å². The number of hydrogen-bond donors (Lipinski definition) is 1. The lowest BCUT2D eigenvalue weighted by Gasteiger charge is -2.28. The van der Waals surface area contributed by atoms with E-state index in [0.29, 0.717) is 12.1 Å². The van der Waals surface area contributed by atoms with Crippen molar-refractivity contribution in [3.63, 3.8) is 0 Å². The number of nitrogens with zero attached hydrogens (tertiary/aromatic N) is 1. The summed E-state index contributed by atoms with van der Waals surface area (Å²) in [6, 6.07) is 1.36. The Kier molecular flexibility index (Phi) is 8.96. The second-order valence-electron chi connectivity index (χ2n) is 5.46. The van der Waals surface area contributed by atoms with Gasteiger partial charge in [0.1, 0.15) is 0 Å². The van der Waals surface area contributed by atoms with Crippen LogP contribution in [0.3, 0.4) is 0 Å². The summed E-state index contributed by atoms with van der Waals surface area (Å²) in [6.07, 6.45) is 3.81. The molecular formula is C14H32N2. The Morgan fingerprint density at radius 2 is 1.75 bits per heavy atom. The molecule has 98 valence electrons. The summed E-state index contributed by atoms with van der Waals surface area (Å²) < 4.78 is 0. The van der Waals surface area contributed by atoms with Crippen molar-refractivity contribution in [1.29, 1.82) is 0 Å². The molecule has 0 amide bonds. The molecule has 0 aliphatic rings. The third-order valence-corrected chi connectivity index (χ3v) is 3.55. The van der Waals surface area contributed by atoms with Gasteiger partial charge in [0.25, 0.3) is 0 Å². The fraction of sp³-hybridized carbons (Fsp3) is 1.00. The maximum Gasteiger partial charge on any atom is 0.00868 e. The molecule has 0 fully saturated rings. The van der Waals surface area contributed by atoms with Gasteiger partial charge in [0, 0.05) is 12.1 Å². The Bertz CT molecular complexity index is 157. The molecule has 0 spiro atoms. The van der Waals surface area contributed by atoms with Crippen molar-refractivity contribution in [3.05, 3.63) is 0 Å². The molecule has 0 aliphatic heterocycles. The van der Waals surface area contributed by atoms with Gasteiger partial charge < -0.3 is 10.2 Å². The summed E-state index contributed by atoms with van der Waals surface area (Å²) in [6.45, 7) is 13.8. The predicted molar refractivity (Wildman–Crippen MR) is 73.9 cm³/mol. The van der Waals surface area contributed by atoms with Crippen molar-refractivity contribution in [1.82, 2.24) is 10.2 Å². The van der Waals surface area contributed by atoms with Gasteiger partial charge >= 0.3 is 0 Å². The zero-order valence-corrected chi connectivity index (χ0v) is 12.2. The van der Waals surface area contributed by atoms with E-state index in [1.165, 1.54) is 25.8 Å². The molecule has 0 aliphatic carbocycles. The summed E-state index contributed by atoms with van der Waals surface area (Å²) in [7, 11) is 2.24. The number of hydrogen-bond acceptors (Lipinski definition) is 2. The van der Waals surface area contributed by atoms with Crippen molar-refractivity contribution in [2.75, 3.05) is 20.1 Å². The Hall–Kier alpha value is -0.0800.